The Morgan fingerprint density at radius 2 is 1.72 bits per heavy atom. The van der Waals surface area contributed by atoms with Gasteiger partial charge in [0.2, 0.25) is 0 Å². The summed E-state index contributed by atoms with van der Waals surface area (Å²) >= 11 is 0. The molecule has 2 aromatic rings. The Kier molecular flexibility index (Phi) is 6.48. The summed E-state index contributed by atoms with van der Waals surface area (Å²) in [4.78, 5) is 3.45. The molecule has 3 nitrogen and oxygen atoms in total. The molecule has 1 heterocycles. The summed E-state index contributed by atoms with van der Waals surface area (Å²) in [7, 11) is 1.74. The van der Waals surface area contributed by atoms with Gasteiger partial charge in [-0.25, -0.2) is 0 Å². The molecule has 0 radical (unpaired) electrons. The van der Waals surface area contributed by atoms with Crippen LogP contribution in [0, 0.1) is 0 Å². The standard InChI is InChI=1S/C22H30N2O/c1-3-24(18-19-8-5-4-6-9-19)21-12-14-23(15-13-21)17-20-10-7-11-22(16-20)25-2/h4-11,16,21H,3,12-15,17-18H2,1-2H3/p+2. The topological polar surface area (TPSA) is 18.1 Å². The van der Waals surface area contributed by atoms with Crippen molar-refractivity contribution < 1.29 is 14.5 Å². The Balaban J connectivity index is 1.51. The summed E-state index contributed by atoms with van der Waals surface area (Å²) in [5.41, 5.74) is 2.85. The van der Waals surface area contributed by atoms with Gasteiger partial charge in [0.1, 0.15) is 18.8 Å². The van der Waals surface area contributed by atoms with Crippen molar-refractivity contribution in [1.29, 1.82) is 0 Å². The second kappa shape index (κ2) is 9.02. The lowest BCUT2D eigenvalue weighted by molar-refractivity contribution is -0.969. The van der Waals surface area contributed by atoms with E-state index in [2.05, 4.69) is 55.5 Å². The minimum Gasteiger partial charge on any atom is -0.497 e. The number of nitrogens with one attached hydrogen (secondary N) is 2. The number of hydrogen-bond acceptors (Lipinski definition) is 1. The smallest absolute Gasteiger partial charge is 0.119 e. The van der Waals surface area contributed by atoms with E-state index in [0.29, 0.717) is 0 Å². The lowest BCUT2D eigenvalue weighted by Gasteiger charge is -2.34. The van der Waals surface area contributed by atoms with Crippen LogP contribution in [0.15, 0.2) is 54.6 Å². The molecule has 0 aliphatic carbocycles. The first-order chi connectivity index (χ1) is 12.3. The molecule has 2 N–H and O–H groups in total. The van der Waals surface area contributed by atoms with E-state index < -0.39 is 0 Å². The molecule has 1 aliphatic heterocycles. The van der Waals surface area contributed by atoms with Crippen LogP contribution >= 0.6 is 0 Å². The third-order valence-corrected chi connectivity index (χ3v) is 5.59. The van der Waals surface area contributed by atoms with Crippen LogP contribution < -0.4 is 14.5 Å². The van der Waals surface area contributed by atoms with Gasteiger partial charge in [-0.15, -0.1) is 0 Å². The van der Waals surface area contributed by atoms with Gasteiger partial charge in [-0.1, -0.05) is 42.5 Å². The molecule has 0 bridgehead atoms. The minimum atomic E-state index is 0.805. The van der Waals surface area contributed by atoms with Crippen molar-refractivity contribution in [1.82, 2.24) is 0 Å². The molecule has 0 saturated carbocycles. The molecule has 134 valence electrons. The fourth-order valence-corrected chi connectivity index (χ4v) is 4.10. The molecule has 1 aliphatic rings. The molecule has 0 aromatic heterocycles. The van der Waals surface area contributed by atoms with Gasteiger partial charge >= 0.3 is 0 Å². The number of hydrogen-bond donors (Lipinski definition) is 2. The first kappa shape index (κ1) is 18.0. The van der Waals surface area contributed by atoms with Gasteiger partial charge in [0.25, 0.3) is 0 Å². The monoisotopic (exact) mass is 340 g/mol. The van der Waals surface area contributed by atoms with Crippen LogP contribution in [0.2, 0.25) is 0 Å². The molecule has 25 heavy (non-hydrogen) atoms. The fraction of sp³-hybridized carbons (Fsp3) is 0.455. The second-order valence-electron chi connectivity index (χ2n) is 7.23. The summed E-state index contributed by atoms with van der Waals surface area (Å²) in [6, 6.07) is 20.3. The Morgan fingerprint density at radius 1 is 1.00 bits per heavy atom. The molecule has 2 aromatic carbocycles. The fourth-order valence-electron chi connectivity index (χ4n) is 4.10. The molecule has 1 fully saturated rings. The summed E-state index contributed by atoms with van der Waals surface area (Å²) < 4.78 is 5.35. The molecular formula is C22H32N2O+2. The third-order valence-electron chi connectivity index (χ3n) is 5.59. The highest BCUT2D eigenvalue weighted by molar-refractivity contribution is 5.27. The van der Waals surface area contributed by atoms with Gasteiger partial charge in [-0.05, 0) is 19.1 Å². The highest BCUT2D eigenvalue weighted by Crippen LogP contribution is 2.11. The maximum Gasteiger partial charge on any atom is 0.119 e. The van der Waals surface area contributed by atoms with Crippen LogP contribution in [0.5, 0.6) is 5.75 Å². The number of ether oxygens (including phenoxy) is 1. The molecule has 1 atom stereocenters. The van der Waals surface area contributed by atoms with E-state index in [-0.39, 0.29) is 0 Å². The predicted molar refractivity (Wildman–Crippen MR) is 102 cm³/mol. The van der Waals surface area contributed by atoms with Crippen LogP contribution in [-0.4, -0.2) is 32.8 Å². The van der Waals surface area contributed by atoms with E-state index in [1.807, 2.05) is 6.07 Å². The average molecular weight is 341 g/mol. The largest absolute Gasteiger partial charge is 0.497 e. The van der Waals surface area contributed by atoms with Crippen LogP contribution in [0.1, 0.15) is 30.9 Å². The van der Waals surface area contributed by atoms with Crippen molar-refractivity contribution in [3.05, 3.63) is 65.7 Å². The van der Waals surface area contributed by atoms with Crippen LogP contribution in [0.25, 0.3) is 0 Å². The normalized spacial score (nSPS) is 21.7. The van der Waals surface area contributed by atoms with Crippen LogP contribution in [0.4, 0.5) is 0 Å². The summed E-state index contributed by atoms with van der Waals surface area (Å²) in [6.45, 7) is 8.37. The van der Waals surface area contributed by atoms with Crippen molar-refractivity contribution in [3.8, 4) is 5.75 Å². The Hall–Kier alpha value is -1.84. The zero-order chi connectivity index (χ0) is 17.5. The summed E-state index contributed by atoms with van der Waals surface area (Å²) in [5, 5.41) is 0. The quantitative estimate of drug-likeness (QED) is 0.779. The Morgan fingerprint density at radius 3 is 2.40 bits per heavy atom. The SMILES string of the molecule is CC[NH+](Cc1ccccc1)C1CC[NH+](Cc2cccc(OC)c2)CC1. The molecular weight excluding hydrogens is 308 g/mol. The lowest BCUT2D eigenvalue weighted by Crippen LogP contribution is -3.19. The summed E-state index contributed by atoms with van der Waals surface area (Å²) in [6.07, 6.45) is 2.66. The van der Waals surface area contributed by atoms with E-state index in [1.165, 1.54) is 43.6 Å². The number of benzene rings is 2. The van der Waals surface area contributed by atoms with Crippen molar-refractivity contribution in [2.75, 3.05) is 26.7 Å². The van der Waals surface area contributed by atoms with Gasteiger partial charge in [0, 0.05) is 24.0 Å². The minimum absolute atomic E-state index is 0.805. The van der Waals surface area contributed by atoms with Gasteiger partial charge in [0.15, 0.2) is 0 Å². The first-order valence-electron chi connectivity index (χ1n) is 9.63. The Labute approximate surface area is 152 Å². The Bertz CT molecular complexity index is 635. The first-order valence-corrected chi connectivity index (χ1v) is 9.63. The lowest BCUT2D eigenvalue weighted by atomic mass is 10.0. The maximum atomic E-state index is 5.35. The van der Waals surface area contributed by atoms with Crippen molar-refractivity contribution in [2.24, 2.45) is 0 Å². The molecule has 0 amide bonds. The van der Waals surface area contributed by atoms with Crippen molar-refractivity contribution >= 4 is 0 Å². The number of piperidine rings is 1. The molecule has 1 unspecified atom stereocenters. The van der Waals surface area contributed by atoms with Crippen molar-refractivity contribution in [2.45, 2.75) is 38.9 Å². The van der Waals surface area contributed by atoms with Crippen LogP contribution in [-0.2, 0) is 13.1 Å². The highest BCUT2D eigenvalue weighted by atomic mass is 16.5. The summed E-state index contributed by atoms with van der Waals surface area (Å²) in [5.74, 6) is 0.969. The van der Waals surface area contributed by atoms with Gasteiger partial charge in [0.05, 0.1) is 32.8 Å². The third kappa shape index (κ3) is 5.07. The predicted octanol–water partition coefficient (Wildman–Crippen LogP) is 1.35. The highest BCUT2D eigenvalue weighted by Gasteiger charge is 2.29. The van der Waals surface area contributed by atoms with E-state index >= 15 is 0 Å². The zero-order valence-corrected chi connectivity index (χ0v) is 15.6. The number of methoxy groups -OCH3 is 1. The van der Waals surface area contributed by atoms with Crippen molar-refractivity contribution in [3.63, 3.8) is 0 Å². The average Bonchev–Trinajstić information content (AvgIpc) is 2.68. The number of quaternary nitrogens is 2. The van der Waals surface area contributed by atoms with E-state index in [9.17, 15) is 0 Å². The zero-order valence-electron chi connectivity index (χ0n) is 15.6. The van der Waals surface area contributed by atoms with E-state index in [0.717, 1.165) is 24.9 Å². The molecule has 1 saturated heterocycles. The number of likely N-dealkylation sites (tertiary alicyclic amines) is 1. The number of rotatable bonds is 7. The molecule has 3 heteroatoms. The van der Waals surface area contributed by atoms with E-state index in [4.69, 9.17) is 4.74 Å². The van der Waals surface area contributed by atoms with Gasteiger partial charge < -0.3 is 14.5 Å². The van der Waals surface area contributed by atoms with Crippen LogP contribution in [0.3, 0.4) is 0 Å². The maximum absolute atomic E-state index is 5.35. The van der Waals surface area contributed by atoms with E-state index in [1.54, 1.807) is 16.9 Å². The van der Waals surface area contributed by atoms with Gasteiger partial charge in [-0.3, -0.25) is 0 Å². The molecule has 0 spiro atoms. The molecule has 3 rings (SSSR count). The van der Waals surface area contributed by atoms with Gasteiger partial charge in [-0.2, -0.15) is 0 Å². The second-order valence-corrected chi connectivity index (χ2v) is 7.23.